The van der Waals surface area contributed by atoms with E-state index in [2.05, 4.69) is 60.6 Å². The maximum Gasteiger partial charge on any atom is 0.0958 e. The molecule has 1 heterocycles. The monoisotopic (exact) mass is 456 g/mol. The highest BCUT2D eigenvalue weighted by Gasteiger charge is 2.78. The molecule has 0 aromatic heterocycles. The van der Waals surface area contributed by atoms with Crippen molar-refractivity contribution in [3.05, 3.63) is 12.2 Å². The van der Waals surface area contributed by atoms with Crippen molar-refractivity contribution in [1.29, 1.82) is 0 Å². The number of hydrogen-bond acceptors (Lipinski definition) is 3. The van der Waals surface area contributed by atoms with E-state index in [9.17, 15) is 10.2 Å². The van der Waals surface area contributed by atoms with E-state index in [0.29, 0.717) is 35.5 Å². The molecule has 5 fully saturated rings. The first-order valence-electron chi connectivity index (χ1n) is 14.0. The van der Waals surface area contributed by atoms with Gasteiger partial charge in [-0.3, -0.25) is 0 Å². The minimum absolute atomic E-state index is 0.0727. The van der Waals surface area contributed by atoms with Gasteiger partial charge >= 0.3 is 0 Å². The molecule has 3 heteroatoms. The number of aliphatic hydroxyl groups excluding tert-OH is 2. The zero-order valence-corrected chi connectivity index (χ0v) is 22.2. The second-order valence-corrected chi connectivity index (χ2v) is 14.9. The van der Waals surface area contributed by atoms with Crippen molar-refractivity contribution in [3.63, 3.8) is 0 Å². The molecule has 1 spiro atoms. The molecule has 4 saturated carbocycles. The number of fused-ring (bicyclic) bond motifs is 4. The molecule has 33 heavy (non-hydrogen) atoms. The maximum absolute atomic E-state index is 11.6. The summed E-state index contributed by atoms with van der Waals surface area (Å²) in [5, 5.41) is 22.5. The largest absolute Gasteiger partial charge is 0.392 e. The third kappa shape index (κ3) is 2.31. The van der Waals surface area contributed by atoms with Gasteiger partial charge in [-0.2, -0.15) is 0 Å². The van der Waals surface area contributed by atoms with Crippen LogP contribution in [0.5, 0.6) is 0 Å². The molecule has 0 aromatic rings. The van der Waals surface area contributed by atoms with Crippen LogP contribution in [-0.2, 0) is 4.74 Å². The predicted octanol–water partition coefficient (Wildman–Crippen LogP) is 5.98. The topological polar surface area (TPSA) is 49.7 Å². The highest BCUT2D eigenvalue weighted by molar-refractivity contribution is 5.35. The molecule has 2 N–H and O–H groups in total. The Morgan fingerprint density at radius 3 is 2.33 bits per heavy atom. The molecule has 0 amide bonds. The molecule has 5 aliphatic carbocycles. The second-order valence-electron chi connectivity index (χ2n) is 14.9. The van der Waals surface area contributed by atoms with Crippen molar-refractivity contribution in [1.82, 2.24) is 0 Å². The summed E-state index contributed by atoms with van der Waals surface area (Å²) in [4.78, 5) is 0. The second kappa shape index (κ2) is 6.48. The molecule has 0 radical (unpaired) electrons. The summed E-state index contributed by atoms with van der Waals surface area (Å²) in [7, 11) is 0. The van der Waals surface area contributed by atoms with Crippen LogP contribution in [-0.4, -0.2) is 34.6 Å². The number of aliphatic hydroxyl groups is 2. The molecule has 0 aromatic carbocycles. The standard InChI is InChI=1S/C30H48O3/c1-18-8-12-29-15-14-27(6)26(5)11-9-20-25(3,4)22(31)16-23(32)28(20,7)21(26)10-13-30(27,33-17-29)24(29)19(18)2/h10,13,18-24,31-32H,8-9,11-12,14-17H2,1-7H3/t18-,19+,20?,21?,22+,23-,24-,26-,27+,28+,29-,30+/m1/s1. The van der Waals surface area contributed by atoms with Crippen LogP contribution in [0.1, 0.15) is 93.4 Å². The zero-order valence-electron chi connectivity index (χ0n) is 22.2. The lowest BCUT2D eigenvalue weighted by atomic mass is 9.32. The fourth-order valence-electron chi connectivity index (χ4n) is 11.5. The summed E-state index contributed by atoms with van der Waals surface area (Å²) in [5.41, 5.74) is -0.0148. The zero-order chi connectivity index (χ0) is 23.8. The van der Waals surface area contributed by atoms with Gasteiger partial charge in [0.25, 0.3) is 0 Å². The number of hydrogen-bond donors (Lipinski definition) is 2. The van der Waals surface area contributed by atoms with Gasteiger partial charge in [-0.15, -0.1) is 0 Å². The van der Waals surface area contributed by atoms with Crippen molar-refractivity contribution in [2.75, 3.05) is 6.61 Å². The molecule has 1 saturated heterocycles. The summed E-state index contributed by atoms with van der Waals surface area (Å²) in [6, 6.07) is 0. The van der Waals surface area contributed by atoms with E-state index in [1.54, 1.807) is 0 Å². The Labute approximate surface area is 201 Å². The summed E-state index contributed by atoms with van der Waals surface area (Å²) < 4.78 is 7.11. The molecular formula is C30H48O3. The van der Waals surface area contributed by atoms with E-state index < -0.39 is 12.2 Å². The fourth-order valence-corrected chi connectivity index (χ4v) is 11.5. The summed E-state index contributed by atoms with van der Waals surface area (Å²) >= 11 is 0. The van der Waals surface area contributed by atoms with Gasteiger partial charge in [0.15, 0.2) is 0 Å². The molecule has 186 valence electrons. The Kier molecular flexibility index (Phi) is 4.53. The lowest BCUT2D eigenvalue weighted by molar-refractivity contribution is -0.267. The summed E-state index contributed by atoms with van der Waals surface area (Å²) in [6.07, 6.45) is 12.2. The van der Waals surface area contributed by atoms with Crippen LogP contribution in [0.15, 0.2) is 12.2 Å². The summed E-state index contributed by atoms with van der Waals surface area (Å²) in [5.74, 6) is 2.70. The maximum atomic E-state index is 11.6. The molecule has 6 aliphatic rings. The van der Waals surface area contributed by atoms with Gasteiger partial charge in [-0.1, -0.05) is 60.6 Å². The van der Waals surface area contributed by atoms with Crippen LogP contribution in [0.3, 0.4) is 0 Å². The minimum Gasteiger partial charge on any atom is -0.392 e. The van der Waals surface area contributed by atoms with E-state index in [1.165, 1.54) is 25.7 Å². The Morgan fingerprint density at radius 2 is 1.61 bits per heavy atom. The van der Waals surface area contributed by atoms with Crippen LogP contribution in [0.2, 0.25) is 0 Å². The average molecular weight is 457 g/mol. The first-order chi connectivity index (χ1) is 15.3. The average Bonchev–Trinajstić information content (AvgIpc) is 3.02. The van der Waals surface area contributed by atoms with Crippen molar-refractivity contribution in [3.8, 4) is 0 Å². The van der Waals surface area contributed by atoms with E-state index in [0.717, 1.165) is 25.4 Å². The first kappa shape index (κ1) is 23.0. The SMILES string of the molecule is C[C@H]1[C@H](C)CC[C@@]23CC[C@]4(C)[C@@](C=CC5[C@]6(C)C(CC[C@]54C)C(C)(C)[C@@H](O)C[C@H]6O)(OC2)[C@H]13. The van der Waals surface area contributed by atoms with Gasteiger partial charge in [-0.25, -0.2) is 0 Å². The normalized spacial score (nSPS) is 63.2. The Hall–Kier alpha value is -0.380. The summed E-state index contributed by atoms with van der Waals surface area (Å²) in [6.45, 7) is 17.9. The van der Waals surface area contributed by atoms with Crippen LogP contribution in [0.4, 0.5) is 0 Å². The lowest BCUT2D eigenvalue weighted by Gasteiger charge is -2.73. The molecule has 6 rings (SSSR count). The van der Waals surface area contributed by atoms with Crippen molar-refractivity contribution in [2.24, 2.45) is 56.7 Å². The van der Waals surface area contributed by atoms with Gasteiger partial charge < -0.3 is 14.9 Å². The Morgan fingerprint density at radius 1 is 0.879 bits per heavy atom. The predicted molar refractivity (Wildman–Crippen MR) is 131 cm³/mol. The highest BCUT2D eigenvalue weighted by atomic mass is 16.5. The third-order valence-corrected chi connectivity index (χ3v) is 14.0. The minimum atomic E-state index is -0.460. The van der Waals surface area contributed by atoms with Gasteiger partial charge in [0, 0.05) is 23.2 Å². The quantitative estimate of drug-likeness (QED) is 0.441. The van der Waals surface area contributed by atoms with Gasteiger partial charge in [0.2, 0.25) is 0 Å². The Balaban J connectivity index is 1.51. The number of ether oxygens (including phenoxy) is 1. The van der Waals surface area contributed by atoms with Gasteiger partial charge in [-0.05, 0) is 78.4 Å². The fraction of sp³-hybridized carbons (Fsp3) is 0.933. The molecule has 2 bridgehead atoms. The molecule has 3 nitrogen and oxygen atoms in total. The first-order valence-corrected chi connectivity index (χ1v) is 14.0. The van der Waals surface area contributed by atoms with Crippen LogP contribution in [0, 0.1) is 56.7 Å². The van der Waals surface area contributed by atoms with Gasteiger partial charge in [0.1, 0.15) is 0 Å². The third-order valence-electron chi connectivity index (χ3n) is 14.0. The van der Waals surface area contributed by atoms with Crippen LogP contribution >= 0.6 is 0 Å². The van der Waals surface area contributed by atoms with E-state index >= 15 is 0 Å². The van der Waals surface area contributed by atoms with Crippen molar-refractivity contribution >= 4 is 0 Å². The van der Waals surface area contributed by atoms with E-state index in [4.69, 9.17) is 4.74 Å². The van der Waals surface area contributed by atoms with Crippen molar-refractivity contribution in [2.45, 2.75) is 111 Å². The van der Waals surface area contributed by atoms with Crippen molar-refractivity contribution < 1.29 is 14.9 Å². The molecule has 12 atom stereocenters. The van der Waals surface area contributed by atoms with Crippen LogP contribution < -0.4 is 0 Å². The van der Waals surface area contributed by atoms with E-state index in [1.807, 2.05) is 0 Å². The van der Waals surface area contributed by atoms with E-state index in [-0.39, 0.29) is 27.3 Å². The molecular weight excluding hydrogens is 408 g/mol. The number of rotatable bonds is 0. The van der Waals surface area contributed by atoms with Crippen LogP contribution in [0.25, 0.3) is 0 Å². The number of allylic oxidation sites excluding steroid dienone is 1. The van der Waals surface area contributed by atoms with Gasteiger partial charge in [0.05, 0.1) is 24.4 Å². The lowest BCUT2D eigenvalue weighted by Crippen LogP contribution is -2.72. The smallest absolute Gasteiger partial charge is 0.0958 e. The molecule has 1 aliphatic heterocycles. The Bertz CT molecular complexity index is 880. The highest BCUT2D eigenvalue weighted by Crippen LogP contribution is 2.79. The molecule has 2 unspecified atom stereocenters.